The first-order valence-electron chi connectivity index (χ1n) is 3.94. The molecular weight excluding hydrogens is 202 g/mol. The Morgan fingerprint density at radius 1 is 1.53 bits per heavy atom. The molecule has 0 bridgehead atoms. The van der Waals surface area contributed by atoms with E-state index in [1.807, 2.05) is 0 Å². The van der Waals surface area contributed by atoms with Crippen LogP contribution in [0.5, 0.6) is 0 Å². The molecule has 15 heavy (non-hydrogen) atoms. The van der Waals surface area contributed by atoms with Crippen LogP contribution in [0, 0.1) is 10.1 Å². The second-order valence-corrected chi connectivity index (χ2v) is 2.85. The first-order valence-corrected chi connectivity index (χ1v) is 3.94. The highest BCUT2D eigenvalue weighted by molar-refractivity contribution is 6.06. The number of aromatic nitrogens is 2. The standard InChI is InChI=1S/C8H5N3O4/c12-8(13)4-1-9-2-5-7(4)6(3-10-5)11(14)15/h1-3,10H,(H,12,13). The van der Waals surface area contributed by atoms with Gasteiger partial charge in [-0.1, -0.05) is 0 Å². The number of fused-ring (bicyclic) bond motifs is 1. The number of hydrogen-bond donors (Lipinski definition) is 2. The molecule has 2 rings (SSSR count). The number of carboxylic acids is 1. The van der Waals surface area contributed by atoms with Crippen LogP contribution in [0.4, 0.5) is 5.69 Å². The molecule has 0 unspecified atom stereocenters. The van der Waals surface area contributed by atoms with Gasteiger partial charge in [-0.2, -0.15) is 0 Å². The molecule has 0 aromatic carbocycles. The van der Waals surface area contributed by atoms with Crippen molar-refractivity contribution in [3.63, 3.8) is 0 Å². The summed E-state index contributed by atoms with van der Waals surface area (Å²) in [6, 6.07) is 0. The highest BCUT2D eigenvalue weighted by Crippen LogP contribution is 2.27. The summed E-state index contributed by atoms with van der Waals surface area (Å²) in [5, 5.41) is 19.5. The Hall–Kier alpha value is -2.44. The SMILES string of the molecule is O=C(O)c1cncc2[nH]cc([N+](=O)[O-])c12. The van der Waals surface area contributed by atoms with Gasteiger partial charge in [-0.15, -0.1) is 0 Å². The van der Waals surface area contributed by atoms with Gasteiger partial charge in [0.15, 0.2) is 0 Å². The molecule has 2 aromatic heterocycles. The second-order valence-electron chi connectivity index (χ2n) is 2.85. The number of carbonyl (C=O) groups is 1. The van der Waals surface area contributed by atoms with Crippen LogP contribution in [0.25, 0.3) is 10.9 Å². The molecule has 0 fully saturated rings. The Balaban J connectivity index is 2.86. The van der Waals surface area contributed by atoms with Crippen molar-refractivity contribution < 1.29 is 14.8 Å². The molecule has 0 aliphatic carbocycles. The van der Waals surface area contributed by atoms with Crippen molar-refractivity contribution in [3.05, 3.63) is 34.3 Å². The van der Waals surface area contributed by atoms with Crippen molar-refractivity contribution >= 4 is 22.6 Å². The number of carboxylic acid groups (broad SMARTS) is 1. The van der Waals surface area contributed by atoms with Crippen molar-refractivity contribution in [1.82, 2.24) is 9.97 Å². The number of aromatic carboxylic acids is 1. The number of aromatic amines is 1. The van der Waals surface area contributed by atoms with E-state index in [0.717, 1.165) is 12.4 Å². The molecule has 0 atom stereocenters. The van der Waals surface area contributed by atoms with Crippen molar-refractivity contribution in [1.29, 1.82) is 0 Å². The zero-order valence-corrected chi connectivity index (χ0v) is 7.30. The molecule has 2 aromatic rings. The van der Waals surface area contributed by atoms with E-state index in [9.17, 15) is 14.9 Å². The molecule has 7 nitrogen and oxygen atoms in total. The highest BCUT2D eigenvalue weighted by Gasteiger charge is 2.20. The van der Waals surface area contributed by atoms with Crippen LogP contribution in [0.2, 0.25) is 0 Å². The lowest BCUT2D eigenvalue weighted by Crippen LogP contribution is -1.99. The summed E-state index contributed by atoms with van der Waals surface area (Å²) in [6.07, 6.45) is 3.58. The monoisotopic (exact) mass is 207 g/mol. The van der Waals surface area contributed by atoms with E-state index in [2.05, 4.69) is 9.97 Å². The van der Waals surface area contributed by atoms with Gasteiger partial charge in [0.05, 0.1) is 33.8 Å². The largest absolute Gasteiger partial charge is 0.478 e. The number of nitrogens with zero attached hydrogens (tertiary/aromatic N) is 2. The zero-order chi connectivity index (χ0) is 11.0. The molecule has 0 saturated carbocycles. The summed E-state index contributed by atoms with van der Waals surface area (Å²) in [4.78, 5) is 27.1. The molecule has 76 valence electrons. The Morgan fingerprint density at radius 3 is 2.87 bits per heavy atom. The molecule has 0 amide bonds. The molecule has 0 saturated heterocycles. The summed E-state index contributed by atoms with van der Waals surface area (Å²) >= 11 is 0. The van der Waals surface area contributed by atoms with Crippen LogP contribution in [-0.2, 0) is 0 Å². The second kappa shape index (κ2) is 3.05. The van der Waals surface area contributed by atoms with Crippen molar-refractivity contribution in [2.24, 2.45) is 0 Å². The van der Waals surface area contributed by atoms with Gasteiger partial charge in [-0.05, 0) is 0 Å². The first-order chi connectivity index (χ1) is 7.11. The van der Waals surface area contributed by atoms with E-state index < -0.39 is 10.9 Å². The van der Waals surface area contributed by atoms with Gasteiger partial charge in [0.2, 0.25) is 0 Å². The Kier molecular flexibility index (Phi) is 1.86. The zero-order valence-electron chi connectivity index (χ0n) is 7.30. The summed E-state index contributed by atoms with van der Waals surface area (Å²) in [5.41, 5.74) is -0.105. The van der Waals surface area contributed by atoms with Gasteiger partial charge in [0, 0.05) is 6.20 Å². The van der Waals surface area contributed by atoms with Gasteiger partial charge >= 0.3 is 5.97 Å². The van der Waals surface area contributed by atoms with E-state index in [0.29, 0.717) is 5.52 Å². The van der Waals surface area contributed by atoms with Crippen LogP contribution in [-0.4, -0.2) is 26.0 Å². The van der Waals surface area contributed by atoms with E-state index in [1.165, 1.54) is 6.20 Å². The molecule has 0 radical (unpaired) electrons. The van der Waals surface area contributed by atoms with E-state index in [1.54, 1.807) is 0 Å². The first kappa shape index (κ1) is 9.13. The average molecular weight is 207 g/mol. The van der Waals surface area contributed by atoms with Crippen LogP contribution in [0.15, 0.2) is 18.6 Å². The quantitative estimate of drug-likeness (QED) is 0.567. The highest BCUT2D eigenvalue weighted by atomic mass is 16.6. The predicted molar refractivity (Wildman–Crippen MR) is 49.7 cm³/mol. The minimum atomic E-state index is -1.24. The fourth-order valence-electron chi connectivity index (χ4n) is 1.37. The fraction of sp³-hybridized carbons (Fsp3) is 0. The lowest BCUT2D eigenvalue weighted by molar-refractivity contribution is -0.383. The van der Waals surface area contributed by atoms with Gasteiger partial charge in [-0.3, -0.25) is 15.1 Å². The summed E-state index contributed by atoms with van der Waals surface area (Å²) < 4.78 is 0. The van der Waals surface area contributed by atoms with Crippen LogP contribution in [0.1, 0.15) is 10.4 Å². The van der Waals surface area contributed by atoms with E-state index in [4.69, 9.17) is 5.11 Å². The van der Waals surface area contributed by atoms with Gasteiger partial charge in [0.25, 0.3) is 5.69 Å². The number of hydrogen-bond acceptors (Lipinski definition) is 4. The average Bonchev–Trinajstić information content (AvgIpc) is 2.60. The number of nitrogens with one attached hydrogen (secondary N) is 1. The maximum absolute atomic E-state index is 10.8. The molecule has 2 N–H and O–H groups in total. The number of pyridine rings is 1. The number of rotatable bonds is 2. The minimum absolute atomic E-state index is 0.0718. The fourth-order valence-corrected chi connectivity index (χ4v) is 1.37. The summed E-state index contributed by atoms with van der Waals surface area (Å²) in [5.74, 6) is -1.24. The van der Waals surface area contributed by atoms with Crippen molar-refractivity contribution in [2.75, 3.05) is 0 Å². The number of H-pyrrole nitrogens is 1. The Labute approximate surface area is 82.5 Å². The van der Waals surface area contributed by atoms with Crippen molar-refractivity contribution in [2.45, 2.75) is 0 Å². The maximum atomic E-state index is 10.8. The molecule has 2 heterocycles. The normalized spacial score (nSPS) is 10.4. The lowest BCUT2D eigenvalue weighted by atomic mass is 10.2. The van der Waals surface area contributed by atoms with Gasteiger partial charge < -0.3 is 10.1 Å². The van der Waals surface area contributed by atoms with Crippen LogP contribution < -0.4 is 0 Å². The summed E-state index contributed by atoms with van der Waals surface area (Å²) in [6.45, 7) is 0. The molecule has 7 heteroatoms. The Morgan fingerprint density at radius 2 is 2.27 bits per heavy atom. The predicted octanol–water partition coefficient (Wildman–Crippen LogP) is 1.17. The smallest absolute Gasteiger partial charge is 0.338 e. The molecule has 0 aliphatic heterocycles. The van der Waals surface area contributed by atoms with E-state index >= 15 is 0 Å². The molecule has 0 aliphatic rings. The minimum Gasteiger partial charge on any atom is -0.478 e. The topological polar surface area (TPSA) is 109 Å². The van der Waals surface area contributed by atoms with Crippen LogP contribution >= 0.6 is 0 Å². The molecular formula is C8H5N3O4. The Bertz CT molecular complexity index is 560. The third-order valence-electron chi connectivity index (χ3n) is 1.99. The molecule has 0 spiro atoms. The summed E-state index contributed by atoms with van der Waals surface area (Å²) in [7, 11) is 0. The van der Waals surface area contributed by atoms with Gasteiger partial charge in [-0.25, -0.2) is 4.79 Å². The lowest BCUT2D eigenvalue weighted by Gasteiger charge is -1.95. The van der Waals surface area contributed by atoms with Gasteiger partial charge in [0.1, 0.15) is 0 Å². The van der Waals surface area contributed by atoms with Crippen LogP contribution in [0.3, 0.4) is 0 Å². The third-order valence-corrected chi connectivity index (χ3v) is 1.99. The number of nitro groups is 1. The van der Waals surface area contributed by atoms with Crippen molar-refractivity contribution in [3.8, 4) is 0 Å². The third kappa shape index (κ3) is 1.30. The maximum Gasteiger partial charge on any atom is 0.338 e. The van der Waals surface area contributed by atoms with E-state index in [-0.39, 0.29) is 16.6 Å².